The molecule has 1 heterocycles. The fraction of sp³-hybridized carbons (Fsp3) is 0.200. The van der Waals surface area contributed by atoms with Crippen molar-refractivity contribution in [3.8, 4) is 0 Å². The van der Waals surface area contributed by atoms with Crippen LogP contribution in [0, 0.1) is 9.39 Å². The van der Waals surface area contributed by atoms with Crippen LogP contribution in [0.25, 0.3) is 0 Å². The van der Waals surface area contributed by atoms with E-state index in [9.17, 15) is 9.18 Å². The summed E-state index contributed by atoms with van der Waals surface area (Å²) in [4.78, 5) is 21.0. The molecular formula is C15H15AsClFIN2O4. The summed E-state index contributed by atoms with van der Waals surface area (Å²) in [6, 6.07) is 6.49. The third kappa shape index (κ3) is 6.80. The van der Waals surface area contributed by atoms with Crippen LogP contribution in [0.15, 0.2) is 36.7 Å². The van der Waals surface area contributed by atoms with Crippen molar-refractivity contribution in [1.29, 1.82) is 0 Å². The van der Waals surface area contributed by atoms with E-state index in [-0.39, 0.29) is 24.8 Å². The number of aliphatic hydroxyl groups excluding tert-OH is 2. The van der Waals surface area contributed by atoms with Gasteiger partial charge in [-0.2, -0.15) is 0 Å². The van der Waals surface area contributed by atoms with Crippen molar-refractivity contribution in [1.82, 2.24) is 10.5 Å². The van der Waals surface area contributed by atoms with Gasteiger partial charge in [0.1, 0.15) is 0 Å². The van der Waals surface area contributed by atoms with Gasteiger partial charge in [0.25, 0.3) is 0 Å². The number of aromatic nitrogens is 1. The van der Waals surface area contributed by atoms with Gasteiger partial charge in [-0.25, -0.2) is 0 Å². The van der Waals surface area contributed by atoms with Gasteiger partial charge in [-0.05, 0) is 0 Å². The molecular weight excluding hydrogens is 528 g/mol. The first-order valence-electron chi connectivity index (χ1n) is 6.83. The predicted molar refractivity (Wildman–Crippen MR) is 102 cm³/mol. The van der Waals surface area contributed by atoms with E-state index in [1.165, 1.54) is 24.5 Å². The molecule has 1 aromatic carbocycles. The second-order valence-electron chi connectivity index (χ2n) is 4.68. The average Bonchev–Trinajstić information content (AvgIpc) is 2.57. The van der Waals surface area contributed by atoms with Gasteiger partial charge in [-0.15, -0.1) is 12.4 Å². The molecule has 10 heteroatoms. The number of hydroxylamine groups is 1. The summed E-state index contributed by atoms with van der Waals surface area (Å²) in [5.74, 6) is -0.821. The normalized spacial score (nSPS) is 12.0. The first kappa shape index (κ1) is 22.3. The number of hydrogen-bond donors (Lipinski definition) is 3. The molecule has 2 rings (SSSR count). The number of halogens is 3. The van der Waals surface area contributed by atoms with Crippen LogP contribution in [-0.4, -0.2) is 56.2 Å². The maximum absolute atomic E-state index is 14.0. The van der Waals surface area contributed by atoms with Crippen LogP contribution in [0.4, 0.5) is 4.39 Å². The molecule has 0 saturated carbocycles. The van der Waals surface area contributed by atoms with Crippen molar-refractivity contribution < 1.29 is 24.2 Å². The van der Waals surface area contributed by atoms with Crippen LogP contribution in [-0.2, 0) is 4.84 Å². The molecule has 25 heavy (non-hydrogen) atoms. The number of amides is 1. The fourth-order valence-corrected chi connectivity index (χ4v) is 4.23. The van der Waals surface area contributed by atoms with Crippen molar-refractivity contribution in [2.75, 3.05) is 13.2 Å². The maximum atomic E-state index is 14.0. The molecule has 0 bridgehead atoms. The molecule has 2 aromatic rings. The van der Waals surface area contributed by atoms with E-state index in [0.29, 0.717) is 14.3 Å². The summed E-state index contributed by atoms with van der Waals surface area (Å²) in [5.41, 5.74) is 2.53. The van der Waals surface area contributed by atoms with Gasteiger partial charge in [-0.3, -0.25) is 0 Å². The minimum absolute atomic E-state index is 0. The van der Waals surface area contributed by atoms with E-state index in [1.54, 1.807) is 6.07 Å². The Kier molecular flexibility index (Phi) is 9.84. The quantitative estimate of drug-likeness (QED) is 0.258. The molecule has 0 saturated heterocycles. The molecule has 0 spiro atoms. The van der Waals surface area contributed by atoms with Gasteiger partial charge in [0.15, 0.2) is 0 Å². The first-order valence-corrected chi connectivity index (χ1v) is 9.78. The zero-order valence-corrected chi connectivity index (χ0v) is 17.6. The van der Waals surface area contributed by atoms with E-state index in [0.717, 1.165) is 3.57 Å². The van der Waals surface area contributed by atoms with Crippen molar-refractivity contribution in [3.63, 3.8) is 0 Å². The Morgan fingerprint density at radius 1 is 1.40 bits per heavy atom. The van der Waals surface area contributed by atoms with Crippen LogP contribution in [0.1, 0.15) is 10.4 Å². The number of aliphatic hydroxyl groups is 2. The number of hydrogen-bond acceptors (Lipinski definition) is 5. The van der Waals surface area contributed by atoms with Gasteiger partial charge >= 0.3 is 159 Å². The first-order chi connectivity index (χ1) is 11.5. The number of benzene rings is 1. The molecule has 1 radical (unpaired) electrons. The monoisotopic (exact) mass is 543 g/mol. The Morgan fingerprint density at radius 3 is 2.84 bits per heavy atom. The van der Waals surface area contributed by atoms with Crippen molar-refractivity contribution in [2.24, 2.45) is 0 Å². The van der Waals surface area contributed by atoms with Gasteiger partial charge in [0, 0.05) is 0 Å². The molecule has 3 N–H and O–H groups in total. The second kappa shape index (κ2) is 11.0. The van der Waals surface area contributed by atoms with Gasteiger partial charge < -0.3 is 0 Å². The third-order valence-electron chi connectivity index (χ3n) is 2.85. The van der Waals surface area contributed by atoms with E-state index in [2.05, 4.69) is 10.5 Å². The van der Waals surface area contributed by atoms with E-state index >= 15 is 0 Å². The summed E-state index contributed by atoms with van der Waals surface area (Å²) in [6.07, 6.45) is 1.93. The van der Waals surface area contributed by atoms with E-state index < -0.39 is 34.4 Å². The standard InChI is InChI=1S/C15H14AsFIN2O4.ClH/c17-14-5-9(18)1-2-12(14)16-13-6-19-4-3-11(13)15(23)20-24-8-10(22)7-21;/h1-6,10,21-22H,7-8H2,(H,20,23);1H/t10-;/m0./s1. The zero-order chi connectivity index (χ0) is 17.5. The molecule has 0 fully saturated rings. The predicted octanol–water partition coefficient (Wildman–Crippen LogP) is -0.0833. The molecule has 0 aliphatic rings. The Labute approximate surface area is 170 Å². The summed E-state index contributed by atoms with van der Waals surface area (Å²) < 4.78 is 16.0. The van der Waals surface area contributed by atoms with E-state index in [4.69, 9.17) is 15.1 Å². The molecule has 1 atom stereocenters. The summed E-state index contributed by atoms with van der Waals surface area (Å²) in [7, 11) is 0. The molecule has 135 valence electrons. The van der Waals surface area contributed by atoms with Crippen molar-refractivity contribution >= 4 is 65.4 Å². The number of carbonyl (C=O) groups is 1. The Bertz CT molecular complexity index is 726. The molecule has 1 aromatic heterocycles. The van der Waals surface area contributed by atoms with Gasteiger partial charge in [-0.1, -0.05) is 0 Å². The Balaban J connectivity index is 0.00000312. The van der Waals surface area contributed by atoms with Gasteiger partial charge in [0.05, 0.1) is 0 Å². The second-order valence-corrected chi connectivity index (χ2v) is 8.42. The molecule has 6 nitrogen and oxygen atoms in total. The number of rotatable bonds is 7. The van der Waals surface area contributed by atoms with Crippen molar-refractivity contribution in [3.05, 3.63) is 51.6 Å². The number of nitrogens with zero attached hydrogens (tertiary/aromatic N) is 1. The Morgan fingerprint density at radius 2 is 2.16 bits per heavy atom. The molecule has 0 aliphatic heterocycles. The summed E-state index contributed by atoms with van der Waals surface area (Å²) in [6.45, 7) is -0.699. The number of nitrogens with one attached hydrogen (secondary N) is 1. The molecule has 0 aliphatic carbocycles. The van der Waals surface area contributed by atoms with E-state index in [1.807, 2.05) is 28.7 Å². The average molecular weight is 544 g/mol. The minimum atomic E-state index is -1.07. The zero-order valence-electron chi connectivity index (χ0n) is 12.7. The summed E-state index contributed by atoms with van der Waals surface area (Å²) >= 11 is 1.26. The Hall–Kier alpha value is -0.772. The van der Waals surface area contributed by atoms with Gasteiger partial charge in [0.2, 0.25) is 0 Å². The SMILES string of the molecule is Cl.O=C(NOC[C@@H](O)CO)c1ccncc1[As]c1ccc(I)cc1F. The van der Waals surface area contributed by atoms with Crippen LogP contribution < -0.4 is 14.2 Å². The van der Waals surface area contributed by atoms with Crippen LogP contribution >= 0.6 is 35.0 Å². The fourth-order valence-electron chi connectivity index (χ4n) is 1.68. The third-order valence-corrected chi connectivity index (χ3v) is 6.04. The molecule has 0 unspecified atom stereocenters. The van der Waals surface area contributed by atoms with Crippen molar-refractivity contribution in [2.45, 2.75) is 6.10 Å². The topological polar surface area (TPSA) is 91.7 Å². The van der Waals surface area contributed by atoms with Crippen LogP contribution in [0.3, 0.4) is 0 Å². The van der Waals surface area contributed by atoms with Crippen LogP contribution in [0.2, 0.25) is 0 Å². The number of pyridine rings is 1. The summed E-state index contributed by atoms with van der Waals surface area (Å²) in [5, 5.41) is 17.9. The number of carbonyl (C=O) groups excluding carboxylic acids is 1. The molecule has 1 amide bonds. The van der Waals surface area contributed by atoms with Crippen LogP contribution in [0.5, 0.6) is 0 Å².